The maximum Gasteiger partial charge on any atom is 0.128 e. The maximum absolute atomic E-state index is 10.5. The molecule has 1 aliphatic rings. The van der Waals surface area contributed by atoms with Gasteiger partial charge in [0, 0.05) is 5.56 Å². The van der Waals surface area contributed by atoms with Crippen LogP contribution in [0.5, 0.6) is 5.75 Å². The third-order valence-corrected chi connectivity index (χ3v) is 3.66. The smallest absolute Gasteiger partial charge is 0.128 e. The summed E-state index contributed by atoms with van der Waals surface area (Å²) in [6.07, 6.45) is 2.76. The predicted octanol–water partition coefficient (Wildman–Crippen LogP) is 3.73. The molecule has 0 bridgehead atoms. The molecule has 1 aromatic rings. The van der Waals surface area contributed by atoms with Crippen molar-refractivity contribution in [2.24, 2.45) is 11.8 Å². The van der Waals surface area contributed by atoms with Gasteiger partial charge in [0.25, 0.3) is 0 Å². The first-order valence-electron chi connectivity index (χ1n) is 7.02. The van der Waals surface area contributed by atoms with Gasteiger partial charge >= 0.3 is 0 Å². The summed E-state index contributed by atoms with van der Waals surface area (Å²) in [6.45, 7) is 7.28. The lowest BCUT2D eigenvalue weighted by atomic mass is 9.88. The number of rotatable bonds is 4. The highest BCUT2D eigenvalue weighted by molar-refractivity contribution is 5.44. The molecule has 1 N–H and O–H groups in total. The molecule has 18 heavy (non-hydrogen) atoms. The third kappa shape index (κ3) is 2.86. The van der Waals surface area contributed by atoms with Crippen LogP contribution >= 0.6 is 0 Å². The molecule has 0 fully saturated rings. The summed E-state index contributed by atoms with van der Waals surface area (Å²) < 4.78 is 5.77. The fourth-order valence-electron chi connectivity index (χ4n) is 2.83. The number of ether oxygens (including phenoxy) is 1. The van der Waals surface area contributed by atoms with E-state index in [2.05, 4.69) is 26.8 Å². The Kier molecular flexibility index (Phi) is 4.28. The summed E-state index contributed by atoms with van der Waals surface area (Å²) in [4.78, 5) is 0. The van der Waals surface area contributed by atoms with Gasteiger partial charge in [-0.15, -0.1) is 0 Å². The summed E-state index contributed by atoms with van der Waals surface area (Å²) in [5, 5.41) is 10.5. The zero-order valence-electron chi connectivity index (χ0n) is 11.6. The number of hydrogen-bond acceptors (Lipinski definition) is 2. The van der Waals surface area contributed by atoms with Crippen LogP contribution < -0.4 is 4.74 Å². The second-order valence-electron chi connectivity index (χ2n) is 5.84. The molecule has 1 aromatic carbocycles. The Balaban J connectivity index is 2.22. The molecule has 0 saturated heterocycles. The Morgan fingerprint density at radius 2 is 2.06 bits per heavy atom. The van der Waals surface area contributed by atoms with Gasteiger partial charge in [-0.05, 0) is 36.7 Å². The van der Waals surface area contributed by atoms with E-state index in [9.17, 15) is 5.11 Å². The molecule has 1 aliphatic heterocycles. The zero-order valence-corrected chi connectivity index (χ0v) is 11.6. The zero-order chi connectivity index (χ0) is 13.1. The van der Waals surface area contributed by atoms with Gasteiger partial charge in [-0.2, -0.15) is 0 Å². The first-order valence-corrected chi connectivity index (χ1v) is 7.02. The molecule has 0 saturated carbocycles. The Morgan fingerprint density at radius 3 is 2.78 bits per heavy atom. The normalized spacial score (nSPS) is 18.1. The Bertz CT molecular complexity index is 398. The van der Waals surface area contributed by atoms with E-state index in [-0.39, 0.29) is 5.92 Å². The highest BCUT2D eigenvalue weighted by Crippen LogP contribution is 2.37. The van der Waals surface area contributed by atoms with Gasteiger partial charge in [-0.1, -0.05) is 39.0 Å². The molecule has 100 valence electrons. The lowest BCUT2D eigenvalue weighted by Crippen LogP contribution is -2.16. The molecule has 0 radical (unpaired) electrons. The maximum atomic E-state index is 10.5. The van der Waals surface area contributed by atoms with Gasteiger partial charge in [-0.3, -0.25) is 0 Å². The van der Waals surface area contributed by atoms with Crippen molar-refractivity contribution in [2.75, 3.05) is 6.61 Å². The standard InChI is InChI=1S/C16H24O2/c1-11(2)10-12(3)15(17)14-8-4-6-13-7-5-9-18-16(13)14/h4,6,8,11-12,15,17H,5,7,9-10H2,1-3H3. The topological polar surface area (TPSA) is 29.5 Å². The molecule has 0 aromatic heterocycles. The van der Waals surface area contributed by atoms with Gasteiger partial charge in [0.15, 0.2) is 0 Å². The van der Waals surface area contributed by atoms with E-state index in [1.165, 1.54) is 5.56 Å². The van der Waals surface area contributed by atoms with Crippen molar-refractivity contribution in [3.8, 4) is 5.75 Å². The number of aliphatic hydroxyl groups excluding tert-OH is 1. The SMILES string of the molecule is CC(C)CC(C)C(O)c1cccc2c1OCCC2. The summed E-state index contributed by atoms with van der Waals surface area (Å²) in [5.41, 5.74) is 2.22. The lowest BCUT2D eigenvalue weighted by Gasteiger charge is -2.26. The highest BCUT2D eigenvalue weighted by atomic mass is 16.5. The van der Waals surface area contributed by atoms with Gasteiger partial charge in [0.2, 0.25) is 0 Å². The molecule has 0 aliphatic carbocycles. The van der Waals surface area contributed by atoms with E-state index < -0.39 is 6.10 Å². The van der Waals surface area contributed by atoms with Crippen molar-refractivity contribution in [1.82, 2.24) is 0 Å². The van der Waals surface area contributed by atoms with Crippen molar-refractivity contribution in [2.45, 2.75) is 46.1 Å². The lowest BCUT2D eigenvalue weighted by molar-refractivity contribution is 0.100. The van der Waals surface area contributed by atoms with Crippen LogP contribution in [-0.4, -0.2) is 11.7 Å². The molecule has 0 amide bonds. The third-order valence-electron chi connectivity index (χ3n) is 3.66. The minimum absolute atomic E-state index is 0.266. The monoisotopic (exact) mass is 248 g/mol. The number of benzene rings is 1. The minimum atomic E-state index is -0.416. The van der Waals surface area contributed by atoms with Crippen LogP contribution in [0.15, 0.2) is 18.2 Å². The number of para-hydroxylation sites is 1. The quantitative estimate of drug-likeness (QED) is 0.879. The van der Waals surface area contributed by atoms with E-state index in [0.29, 0.717) is 5.92 Å². The van der Waals surface area contributed by atoms with E-state index in [1.54, 1.807) is 0 Å². The first kappa shape index (κ1) is 13.4. The number of fused-ring (bicyclic) bond motifs is 1. The second-order valence-corrected chi connectivity index (χ2v) is 5.84. The van der Waals surface area contributed by atoms with Crippen molar-refractivity contribution in [3.63, 3.8) is 0 Å². The van der Waals surface area contributed by atoms with Crippen LogP contribution in [0.25, 0.3) is 0 Å². The fourth-order valence-corrected chi connectivity index (χ4v) is 2.83. The first-order chi connectivity index (χ1) is 8.59. The van der Waals surface area contributed by atoms with Crippen molar-refractivity contribution in [3.05, 3.63) is 29.3 Å². The van der Waals surface area contributed by atoms with Crippen LogP contribution in [0.3, 0.4) is 0 Å². The number of aryl methyl sites for hydroxylation is 1. The van der Waals surface area contributed by atoms with Gasteiger partial charge < -0.3 is 9.84 Å². The molecule has 0 spiro atoms. The van der Waals surface area contributed by atoms with E-state index in [1.807, 2.05) is 12.1 Å². The van der Waals surface area contributed by atoms with E-state index in [0.717, 1.165) is 37.2 Å². The van der Waals surface area contributed by atoms with Crippen LogP contribution in [0.2, 0.25) is 0 Å². The average Bonchev–Trinajstić information content (AvgIpc) is 2.36. The number of aliphatic hydroxyl groups is 1. The fraction of sp³-hybridized carbons (Fsp3) is 0.625. The van der Waals surface area contributed by atoms with Crippen molar-refractivity contribution in [1.29, 1.82) is 0 Å². The van der Waals surface area contributed by atoms with Gasteiger partial charge in [0.05, 0.1) is 12.7 Å². The molecule has 1 heterocycles. The molecular weight excluding hydrogens is 224 g/mol. The van der Waals surface area contributed by atoms with Crippen molar-refractivity contribution < 1.29 is 9.84 Å². The molecule has 2 rings (SSSR count). The van der Waals surface area contributed by atoms with Crippen LogP contribution in [-0.2, 0) is 6.42 Å². The summed E-state index contributed by atoms with van der Waals surface area (Å²) in [7, 11) is 0. The highest BCUT2D eigenvalue weighted by Gasteiger charge is 2.23. The van der Waals surface area contributed by atoms with Gasteiger partial charge in [0.1, 0.15) is 5.75 Å². The van der Waals surface area contributed by atoms with E-state index >= 15 is 0 Å². The van der Waals surface area contributed by atoms with Gasteiger partial charge in [-0.25, -0.2) is 0 Å². The average molecular weight is 248 g/mol. The largest absolute Gasteiger partial charge is 0.493 e. The predicted molar refractivity (Wildman–Crippen MR) is 73.8 cm³/mol. The molecule has 2 unspecified atom stereocenters. The molecule has 2 atom stereocenters. The minimum Gasteiger partial charge on any atom is -0.493 e. The van der Waals surface area contributed by atoms with Crippen LogP contribution in [0.1, 0.15) is 50.8 Å². The Labute approximate surface area is 110 Å². The Hall–Kier alpha value is -1.02. The summed E-state index contributed by atoms with van der Waals surface area (Å²) >= 11 is 0. The second kappa shape index (κ2) is 5.75. The van der Waals surface area contributed by atoms with Crippen LogP contribution in [0, 0.1) is 11.8 Å². The Morgan fingerprint density at radius 1 is 1.28 bits per heavy atom. The van der Waals surface area contributed by atoms with Crippen molar-refractivity contribution >= 4 is 0 Å². The van der Waals surface area contributed by atoms with E-state index in [4.69, 9.17) is 4.74 Å². The summed E-state index contributed by atoms with van der Waals surface area (Å²) in [6, 6.07) is 6.15. The summed E-state index contributed by atoms with van der Waals surface area (Å²) in [5.74, 6) is 1.81. The number of hydrogen-bond donors (Lipinski definition) is 1. The molecule has 2 heteroatoms. The molecular formula is C16H24O2. The molecule has 2 nitrogen and oxygen atoms in total. The van der Waals surface area contributed by atoms with Crippen LogP contribution in [0.4, 0.5) is 0 Å².